The maximum Gasteiger partial charge on any atom is 0.225 e. The molecule has 0 atom stereocenters. The summed E-state index contributed by atoms with van der Waals surface area (Å²) in [6.45, 7) is 0.852. The van der Waals surface area contributed by atoms with Crippen molar-refractivity contribution in [2.75, 3.05) is 23.8 Å². The van der Waals surface area contributed by atoms with E-state index < -0.39 is 0 Å². The zero-order valence-corrected chi connectivity index (χ0v) is 13.5. The Morgan fingerprint density at radius 3 is 2.44 bits per heavy atom. The van der Waals surface area contributed by atoms with Gasteiger partial charge in [-0.2, -0.15) is 4.98 Å². The van der Waals surface area contributed by atoms with Crippen LogP contribution in [-0.2, 0) is 6.54 Å². The summed E-state index contributed by atoms with van der Waals surface area (Å²) < 4.78 is 13.0. The lowest BCUT2D eigenvalue weighted by Crippen LogP contribution is -2.11. The minimum atomic E-state index is -0.263. The molecule has 25 heavy (non-hydrogen) atoms. The Morgan fingerprint density at radius 1 is 0.960 bits per heavy atom. The predicted octanol–water partition coefficient (Wildman–Crippen LogP) is 2.69. The number of hydrogen-bond donors (Lipinski definition) is 3. The molecule has 0 spiro atoms. The predicted molar refractivity (Wildman–Crippen MR) is 94.6 cm³/mol. The molecule has 0 radical (unpaired) electrons. The standard InChI is InChI=1S/C18H18FN5O/c19-15-3-1-13(2-4-15)12-22-17-11-16(14-5-7-20-8-6-14)23-18(24-17)21-9-10-25/h1-8,11,25H,9-10,12H2,(H2,21,22,23,24). The van der Waals surface area contributed by atoms with Crippen LogP contribution in [0.1, 0.15) is 5.56 Å². The first-order valence-corrected chi connectivity index (χ1v) is 7.87. The van der Waals surface area contributed by atoms with Crippen molar-refractivity contribution < 1.29 is 9.50 Å². The Hall–Kier alpha value is -3.06. The van der Waals surface area contributed by atoms with E-state index in [1.807, 2.05) is 18.2 Å². The molecule has 128 valence electrons. The van der Waals surface area contributed by atoms with Gasteiger partial charge in [-0.15, -0.1) is 0 Å². The number of hydrogen-bond acceptors (Lipinski definition) is 6. The third kappa shape index (κ3) is 4.71. The average Bonchev–Trinajstić information content (AvgIpc) is 2.66. The summed E-state index contributed by atoms with van der Waals surface area (Å²) in [7, 11) is 0. The van der Waals surface area contributed by atoms with E-state index >= 15 is 0 Å². The number of rotatable bonds is 7. The van der Waals surface area contributed by atoms with Crippen LogP contribution in [0.4, 0.5) is 16.2 Å². The fourth-order valence-corrected chi connectivity index (χ4v) is 2.25. The van der Waals surface area contributed by atoms with E-state index in [0.717, 1.165) is 16.8 Å². The van der Waals surface area contributed by atoms with Crippen molar-refractivity contribution in [3.63, 3.8) is 0 Å². The molecule has 3 N–H and O–H groups in total. The number of aromatic nitrogens is 3. The van der Waals surface area contributed by atoms with Crippen molar-refractivity contribution in [1.29, 1.82) is 0 Å². The fourth-order valence-electron chi connectivity index (χ4n) is 2.25. The molecule has 3 rings (SSSR count). The second-order valence-corrected chi connectivity index (χ2v) is 5.33. The minimum absolute atomic E-state index is 0.0127. The number of aliphatic hydroxyl groups is 1. The molecular weight excluding hydrogens is 321 g/mol. The molecule has 2 aromatic heterocycles. The molecule has 1 aromatic carbocycles. The van der Waals surface area contributed by atoms with Gasteiger partial charge in [-0.1, -0.05) is 12.1 Å². The number of nitrogens with zero attached hydrogens (tertiary/aromatic N) is 3. The monoisotopic (exact) mass is 339 g/mol. The summed E-state index contributed by atoms with van der Waals surface area (Å²) in [6, 6.07) is 11.9. The maximum atomic E-state index is 13.0. The quantitative estimate of drug-likeness (QED) is 0.614. The molecule has 0 aliphatic rings. The van der Waals surface area contributed by atoms with Crippen molar-refractivity contribution >= 4 is 11.8 Å². The van der Waals surface area contributed by atoms with Gasteiger partial charge in [-0.05, 0) is 29.8 Å². The molecule has 0 fully saturated rings. The van der Waals surface area contributed by atoms with Gasteiger partial charge in [0, 0.05) is 37.1 Å². The van der Waals surface area contributed by atoms with Crippen LogP contribution in [0, 0.1) is 5.82 Å². The van der Waals surface area contributed by atoms with Crippen LogP contribution in [-0.4, -0.2) is 33.2 Å². The molecule has 0 aliphatic heterocycles. The largest absolute Gasteiger partial charge is 0.395 e. The Morgan fingerprint density at radius 2 is 1.72 bits per heavy atom. The van der Waals surface area contributed by atoms with Crippen LogP contribution < -0.4 is 10.6 Å². The van der Waals surface area contributed by atoms with E-state index in [-0.39, 0.29) is 12.4 Å². The number of anilines is 2. The van der Waals surface area contributed by atoms with E-state index in [0.29, 0.717) is 24.9 Å². The number of benzene rings is 1. The van der Waals surface area contributed by atoms with Gasteiger partial charge in [0.2, 0.25) is 5.95 Å². The molecule has 3 aromatic rings. The molecule has 6 nitrogen and oxygen atoms in total. The first kappa shape index (κ1) is 16.8. The van der Waals surface area contributed by atoms with Gasteiger partial charge in [0.1, 0.15) is 11.6 Å². The summed E-state index contributed by atoms with van der Waals surface area (Å²) in [6.07, 6.45) is 3.40. The van der Waals surface area contributed by atoms with Crippen molar-refractivity contribution in [2.24, 2.45) is 0 Å². The van der Waals surface area contributed by atoms with Gasteiger partial charge >= 0.3 is 0 Å². The lowest BCUT2D eigenvalue weighted by atomic mass is 10.2. The van der Waals surface area contributed by atoms with Crippen molar-refractivity contribution in [3.8, 4) is 11.3 Å². The summed E-state index contributed by atoms with van der Waals surface area (Å²) in [5, 5.41) is 15.2. The van der Waals surface area contributed by atoms with E-state index in [1.54, 1.807) is 24.5 Å². The van der Waals surface area contributed by atoms with Crippen LogP contribution in [0.15, 0.2) is 54.9 Å². The third-order valence-electron chi connectivity index (χ3n) is 3.48. The van der Waals surface area contributed by atoms with Crippen molar-refractivity contribution in [3.05, 3.63) is 66.2 Å². The highest BCUT2D eigenvalue weighted by atomic mass is 19.1. The zero-order valence-electron chi connectivity index (χ0n) is 13.5. The minimum Gasteiger partial charge on any atom is -0.395 e. The summed E-state index contributed by atoms with van der Waals surface area (Å²) in [5.74, 6) is 0.790. The molecular formula is C18H18FN5O. The van der Waals surface area contributed by atoms with E-state index in [1.165, 1.54) is 12.1 Å². The fraction of sp³-hybridized carbons (Fsp3) is 0.167. The van der Waals surface area contributed by atoms with E-state index in [4.69, 9.17) is 5.11 Å². The number of halogens is 1. The van der Waals surface area contributed by atoms with Gasteiger partial charge < -0.3 is 15.7 Å². The lowest BCUT2D eigenvalue weighted by Gasteiger charge is -2.11. The van der Waals surface area contributed by atoms with Gasteiger partial charge in [0.15, 0.2) is 0 Å². The second-order valence-electron chi connectivity index (χ2n) is 5.33. The van der Waals surface area contributed by atoms with Gasteiger partial charge in [0.05, 0.1) is 12.3 Å². The van der Waals surface area contributed by atoms with Gasteiger partial charge in [0.25, 0.3) is 0 Å². The Labute approximate surface area is 144 Å². The number of aliphatic hydroxyl groups excluding tert-OH is 1. The van der Waals surface area contributed by atoms with E-state index in [9.17, 15) is 4.39 Å². The third-order valence-corrected chi connectivity index (χ3v) is 3.48. The summed E-state index contributed by atoms with van der Waals surface area (Å²) in [4.78, 5) is 12.9. The van der Waals surface area contributed by atoms with Crippen LogP contribution in [0.25, 0.3) is 11.3 Å². The van der Waals surface area contributed by atoms with Crippen molar-refractivity contribution in [2.45, 2.75) is 6.54 Å². The van der Waals surface area contributed by atoms with Gasteiger partial charge in [-0.25, -0.2) is 9.37 Å². The number of pyridine rings is 1. The zero-order chi connectivity index (χ0) is 17.5. The van der Waals surface area contributed by atoms with Crippen LogP contribution in [0.3, 0.4) is 0 Å². The van der Waals surface area contributed by atoms with Crippen LogP contribution in [0.2, 0.25) is 0 Å². The summed E-state index contributed by atoms with van der Waals surface area (Å²) >= 11 is 0. The Bertz CT molecular complexity index is 811. The highest BCUT2D eigenvalue weighted by molar-refractivity contribution is 5.63. The van der Waals surface area contributed by atoms with Gasteiger partial charge in [-0.3, -0.25) is 4.98 Å². The first-order valence-electron chi connectivity index (χ1n) is 7.87. The second kappa shape index (κ2) is 8.16. The maximum absolute atomic E-state index is 13.0. The molecule has 0 bridgehead atoms. The molecule has 0 aliphatic carbocycles. The first-order chi connectivity index (χ1) is 12.2. The molecule has 7 heteroatoms. The van der Waals surface area contributed by atoms with Crippen LogP contribution >= 0.6 is 0 Å². The van der Waals surface area contributed by atoms with Crippen LogP contribution in [0.5, 0.6) is 0 Å². The average molecular weight is 339 g/mol. The number of nitrogens with one attached hydrogen (secondary N) is 2. The molecule has 2 heterocycles. The molecule has 0 saturated carbocycles. The summed E-state index contributed by atoms with van der Waals surface area (Å²) in [5.41, 5.74) is 2.59. The molecule has 0 amide bonds. The lowest BCUT2D eigenvalue weighted by molar-refractivity contribution is 0.311. The smallest absolute Gasteiger partial charge is 0.225 e. The highest BCUT2D eigenvalue weighted by Gasteiger charge is 2.07. The normalized spacial score (nSPS) is 10.5. The topological polar surface area (TPSA) is 83.0 Å². The molecule has 0 unspecified atom stereocenters. The molecule has 0 saturated heterocycles. The Balaban J connectivity index is 1.82. The SMILES string of the molecule is OCCNc1nc(NCc2ccc(F)cc2)cc(-c2ccncc2)n1. The Kier molecular flexibility index (Phi) is 5.48. The van der Waals surface area contributed by atoms with E-state index in [2.05, 4.69) is 25.6 Å². The van der Waals surface area contributed by atoms with Crippen molar-refractivity contribution in [1.82, 2.24) is 15.0 Å². The highest BCUT2D eigenvalue weighted by Crippen LogP contribution is 2.21.